The van der Waals surface area contributed by atoms with E-state index < -0.39 is 0 Å². The first-order valence-electron chi connectivity index (χ1n) is 29.5. The van der Waals surface area contributed by atoms with Crippen LogP contribution in [0.5, 0.6) is 0 Å². The number of hydrogen-bond acceptors (Lipinski definition) is 4. The summed E-state index contributed by atoms with van der Waals surface area (Å²) in [7, 11) is 0. The lowest BCUT2D eigenvalue weighted by atomic mass is 9.33. The molecule has 0 unspecified atom stereocenters. The summed E-state index contributed by atoms with van der Waals surface area (Å²) < 4.78 is 2.50. The summed E-state index contributed by atoms with van der Waals surface area (Å²) >= 11 is 0. The molecule has 0 spiro atoms. The summed E-state index contributed by atoms with van der Waals surface area (Å²) in [5.41, 5.74) is 28.3. The molecule has 0 amide bonds. The van der Waals surface area contributed by atoms with Crippen LogP contribution in [0.2, 0.25) is 0 Å². The highest BCUT2D eigenvalue weighted by Crippen LogP contribution is 2.47. The van der Waals surface area contributed by atoms with Crippen molar-refractivity contribution in [2.24, 2.45) is 0 Å². The number of para-hydroxylation sites is 2. The molecule has 0 bridgehead atoms. The van der Waals surface area contributed by atoms with Crippen LogP contribution in [0.15, 0.2) is 304 Å². The maximum atomic E-state index is 10.3. The Labute approximate surface area is 501 Å². The second-order valence-corrected chi connectivity index (χ2v) is 22.5. The van der Waals surface area contributed by atoms with Gasteiger partial charge in [-0.05, 0) is 149 Å². The number of anilines is 4. The van der Waals surface area contributed by atoms with Gasteiger partial charge >= 0.3 is 0 Å². The van der Waals surface area contributed by atoms with Crippen molar-refractivity contribution < 1.29 is 0 Å². The number of nitrogens with zero attached hydrogens (tertiary/aromatic N) is 5. The molecule has 0 fully saturated rings. The Hall–Kier alpha value is -11.3. The smallest absolute Gasteiger partial charge is 0.252 e. The van der Waals surface area contributed by atoms with Crippen molar-refractivity contribution in [1.82, 2.24) is 9.55 Å². The number of rotatable bonds is 11. The molecule has 0 aliphatic carbocycles. The summed E-state index contributed by atoms with van der Waals surface area (Å²) in [4.78, 5) is 9.93. The van der Waals surface area contributed by atoms with Gasteiger partial charge in [-0.2, -0.15) is 5.26 Å². The van der Waals surface area contributed by atoms with Gasteiger partial charge in [-0.15, -0.1) is 0 Å². The average molecular weight is 1100 g/mol. The lowest BCUT2D eigenvalue weighted by Gasteiger charge is -2.45. The molecule has 0 radical (unpaired) electrons. The van der Waals surface area contributed by atoms with Crippen LogP contribution in [0.25, 0.3) is 94.3 Å². The van der Waals surface area contributed by atoms with Gasteiger partial charge in [-0.1, -0.05) is 237 Å². The summed E-state index contributed by atoms with van der Waals surface area (Å²) in [6.07, 6.45) is 3.83. The number of fused-ring (bicyclic) bond motifs is 7. The predicted molar refractivity (Wildman–Crippen MR) is 358 cm³/mol. The molecular formula is C80H54BN5. The lowest BCUT2D eigenvalue weighted by molar-refractivity contribution is 0.961. The van der Waals surface area contributed by atoms with Crippen molar-refractivity contribution in [2.45, 2.75) is 13.1 Å². The van der Waals surface area contributed by atoms with Crippen molar-refractivity contribution in [3.8, 4) is 78.5 Å². The molecule has 0 saturated carbocycles. The first-order chi connectivity index (χ1) is 42.6. The van der Waals surface area contributed by atoms with E-state index in [1.807, 2.05) is 36.7 Å². The first kappa shape index (κ1) is 50.5. The van der Waals surface area contributed by atoms with Gasteiger partial charge in [0.25, 0.3) is 6.71 Å². The van der Waals surface area contributed by atoms with E-state index in [4.69, 9.17) is 0 Å². The topological polar surface area (TPSA) is 48.1 Å². The van der Waals surface area contributed by atoms with Crippen molar-refractivity contribution in [2.75, 3.05) is 9.80 Å². The Morgan fingerprint density at radius 1 is 0.349 bits per heavy atom. The molecule has 16 rings (SSSR count). The van der Waals surface area contributed by atoms with E-state index in [2.05, 4.69) is 292 Å². The van der Waals surface area contributed by atoms with Gasteiger partial charge in [0, 0.05) is 59.0 Å². The molecule has 2 aliphatic rings. The summed E-state index contributed by atoms with van der Waals surface area (Å²) in [5, 5.41) is 12.7. The molecule has 6 heteroatoms. The van der Waals surface area contributed by atoms with Crippen LogP contribution < -0.4 is 26.2 Å². The van der Waals surface area contributed by atoms with Crippen LogP contribution in [0.3, 0.4) is 0 Å². The number of nitriles is 1. The third-order valence-electron chi connectivity index (χ3n) is 17.7. The average Bonchev–Trinajstić information content (AvgIpc) is 0.858. The maximum absolute atomic E-state index is 10.3. The zero-order valence-electron chi connectivity index (χ0n) is 47.1. The highest BCUT2D eigenvalue weighted by atomic mass is 15.2. The Morgan fingerprint density at radius 3 is 1.21 bits per heavy atom. The van der Waals surface area contributed by atoms with Gasteiger partial charge in [0.1, 0.15) is 0 Å². The van der Waals surface area contributed by atoms with Gasteiger partial charge in [0.05, 0.1) is 28.4 Å². The van der Waals surface area contributed by atoms with E-state index in [0.717, 1.165) is 61.7 Å². The number of hydrogen-bond donors (Lipinski definition) is 0. The lowest BCUT2D eigenvalue weighted by Crippen LogP contribution is -2.62. The van der Waals surface area contributed by atoms with Crippen LogP contribution in [-0.4, -0.2) is 16.3 Å². The van der Waals surface area contributed by atoms with Crippen molar-refractivity contribution >= 4 is 67.7 Å². The fraction of sp³-hybridized carbons (Fsp3) is 0.0250. The zero-order chi connectivity index (χ0) is 57.1. The molecule has 14 aromatic rings. The molecule has 0 saturated heterocycles. The molecule has 2 aromatic heterocycles. The summed E-state index contributed by atoms with van der Waals surface area (Å²) in [5.74, 6) is 0. The monoisotopic (exact) mass is 1100 g/mol. The summed E-state index contributed by atoms with van der Waals surface area (Å²) in [6.45, 7) is 0.892. The number of aromatic nitrogens is 2. The minimum absolute atomic E-state index is 0.226. The normalized spacial score (nSPS) is 12.2. The van der Waals surface area contributed by atoms with Crippen molar-refractivity contribution in [1.29, 1.82) is 5.26 Å². The van der Waals surface area contributed by atoms with Crippen LogP contribution in [0.1, 0.15) is 16.7 Å². The third kappa shape index (κ3) is 8.59. The molecule has 86 heavy (non-hydrogen) atoms. The number of pyridine rings is 1. The Bertz CT molecular complexity index is 4770. The van der Waals surface area contributed by atoms with Crippen LogP contribution >= 0.6 is 0 Å². The van der Waals surface area contributed by atoms with E-state index in [0.29, 0.717) is 18.7 Å². The number of benzene rings is 12. The molecule has 5 nitrogen and oxygen atoms in total. The summed E-state index contributed by atoms with van der Waals surface area (Å²) in [6, 6.07) is 109. The SMILES string of the molecule is N#Cc1cccc(-c2ccc3c(c2)B2c4cc(-c5cccnc5)ccc4N(Cc4c(-c5ccccc5)cccc4-c4ccccc4)c4cc(-n5c6ccccc6c6ccccc65)cc(c42)N3Cc2c(-c3ccccc3)cccc2-c2ccccc2)c1. The van der Waals surface area contributed by atoms with Gasteiger partial charge < -0.3 is 14.4 Å². The third-order valence-corrected chi connectivity index (χ3v) is 17.7. The second kappa shape index (κ2) is 21.2. The van der Waals surface area contributed by atoms with Crippen molar-refractivity contribution in [3.05, 3.63) is 320 Å². The molecular weight excluding hydrogens is 1040 g/mol. The maximum Gasteiger partial charge on any atom is 0.252 e. The zero-order valence-corrected chi connectivity index (χ0v) is 47.1. The minimum Gasteiger partial charge on any atom is -0.338 e. The Kier molecular flexibility index (Phi) is 12.4. The molecule has 2 aliphatic heterocycles. The van der Waals surface area contributed by atoms with Crippen LogP contribution in [0, 0.1) is 11.3 Å². The van der Waals surface area contributed by atoms with Gasteiger partial charge in [0.2, 0.25) is 0 Å². The highest BCUT2D eigenvalue weighted by Gasteiger charge is 2.44. The first-order valence-corrected chi connectivity index (χ1v) is 29.5. The molecule has 12 aromatic carbocycles. The Balaban J connectivity index is 1.04. The molecule has 0 N–H and O–H groups in total. The highest BCUT2D eigenvalue weighted by molar-refractivity contribution is 7.00. The largest absolute Gasteiger partial charge is 0.338 e. The molecule has 0 atom stereocenters. The van der Waals surface area contributed by atoms with Crippen molar-refractivity contribution in [3.63, 3.8) is 0 Å². The second-order valence-electron chi connectivity index (χ2n) is 22.5. The predicted octanol–water partition coefficient (Wildman–Crippen LogP) is 17.9. The molecule has 4 heterocycles. The minimum atomic E-state index is -0.226. The quantitative estimate of drug-likeness (QED) is 0.121. The fourth-order valence-electron chi connectivity index (χ4n) is 13.9. The van der Waals surface area contributed by atoms with Crippen LogP contribution in [-0.2, 0) is 13.1 Å². The van der Waals surface area contributed by atoms with E-state index >= 15 is 0 Å². The van der Waals surface area contributed by atoms with E-state index in [1.165, 1.54) is 82.8 Å². The standard InChI is InChI=1S/C80H54BN5/c82-50-54-21-17-30-59(45-54)60-40-42-76-72(46-60)81-73-47-61(62-31-20-44-83-51-62)41-43-77(73)85(53-71-66(57-26-9-3-10-27-57)36-19-37-67(71)58-28-11-4-12-29-58)79-49-63(86-74-38-15-13-32-68(74)69-33-14-16-39-75(69)86)48-78(80(79)81)84(76)52-70-64(55-22-5-1-6-23-55)34-18-35-65(70)56-24-7-2-8-25-56/h1-49,51H,52-53H2. The van der Waals surface area contributed by atoms with E-state index in [-0.39, 0.29) is 6.71 Å². The Morgan fingerprint density at radius 2 is 0.756 bits per heavy atom. The van der Waals surface area contributed by atoms with Gasteiger partial charge in [0.15, 0.2) is 0 Å². The van der Waals surface area contributed by atoms with E-state index in [1.54, 1.807) is 0 Å². The van der Waals surface area contributed by atoms with E-state index in [9.17, 15) is 5.26 Å². The fourth-order valence-corrected chi connectivity index (χ4v) is 13.9. The van der Waals surface area contributed by atoms with Gasteiger partial charge in [-0.3, -0.25) is 4.98 Å². The van der Waals surface area contributed by atoms with Gasteiger partial charge in [-0.25, -0.2) is 0 Å². The molecule has 402 valence electrons. The van der Waals surface area contributed by atoms with Crippen LogP contribution in [0.4, 0.5) is 22.7 Å².